The monoisotopic (exact) mass is 1230 g/mol. The van der Waals surface area contributed by atoms with Crippen molar-refractivity contribution >= 4 is 19.7 Å². The van der Waals surface area contributed by atoms with Gasteiger partial charge in [-0.25, -0.2) is 0 Å². The number of quaternary nitrogens is 1. The molecule has 0 bridgehead atoms. The number of likely N-dealkylation sites (N-methyl/N-ethyl adjacent to an activating group) is 1. The summed E-state index contributed by atoms with van der Waals surface area (Å²) in [6, 6.07) is -0.890. The first-order valence-electron chi connectivity index (χ1n) is 37.1. The van der Waals surface area contributed by atoms with E-state index in [-0.39, 0.29) is 31.5 Å². The van der Waals surface area contributed by atoms with E-state index in [2.05, 4.69) is 74.7 Å². The lowest BCUT2D eigenvalue weighted by atomic mass is 10.0. The topological polar surface area (TPSA) is 114 Å². The first kappa shape index (κ1) is 83.7. The fourth-order valence-corrected chi connectivity index (χ4v) is 11.7. The van der Waals surface area contributed by atoms with Crippen LogP contribution in [0, 0.1) is 0 Å². The molecular formula is C76H143N2O7P. The first-order chi connectivity index (χ1) is 41.9. The van der Waals surface area contributed by atoms with Crippen LogP contribution in [0.4, 0.5) is 0 Å². The predicted molar refractivity (Wildman–Crippen MR) is 372 cm³/mol. The molecule has 0 aromatic carbocycles. The van der Waals surface area contributed by atoms with Crippen LogP contribution in [0.2, 0.25) is 0 Å². The molecule has 0 aliphatic carbocycles. The molecule has 504 valence electrons. The Morgan fingerprint density at radius 2 is 0.709 bits per heavy atom. The van der Waals surface area contributed by atoms with Gasteiger partial charge in [0.1, 0.15) is 19.3 Å². The zero-order valence-electron chi connectivity index (χ0n) is 57.8. The van der Waals surface area contributed by atoms with Gasteiger partial charge in [-0.1, -0.05) is 313 Å². The fourth-order valence-electron chi connectivity index (χ4n) is 10.9. The number of unbranched alkanes of at least 4 members (excludes halogenated alkanes) is 44. The van der Waals surface area contributed by atoms with Crippen LogP contribution in [0.3, 0.4) is 0 Å². The summed E-state index contributed by atoms with van der Waals surface area (Å²) in [5.41, 5.74) is 0. The Morgan fingerprint density at radius 3 is 1.09 bits per heavy atom. The summed E-state index contributed by atoms with van der Waals surface area (Å²) in [5, 5.41) is 3.05. The molecular weight excluding hydrogens is 1080 g/mol. The summed E-state index contributed by atoms with van der Waals surface area (Å²) >= 11 is 0. The van der Waals surface area contributed by atoms with Crippen molar-refractivity contribution in [2.75, 3.05) is 40.9 Å². The quantitative estimate of drug-likeness (QED) is 0.0212. The molecule has 10 heteroatoms. The van der Waals surface area contributed by atoms with Gasteiger partial charge >= 0.3 is 5.97 Å². The van der Waals surface area contributed by atoms with Crippen molar-refractivity contribution in [1.29, 1.82) is 0 Å². The van der Waals surface area contributed by atoms with Gasteiger partial charge < -0.3 is 28.5 Å². The van der Waals surface area contributed by atoms with Crippen LogP contribution in [0.15, 0.2) is 60.8 Å². The summed E-state index contributed by atoms with van der Waals surface area (Å²) in [5.74, 6) is -0.528. The summed E-state index contributed by atoms with van der Waals surface area (Å²) in [6.45, 7) is 6.86. The second kappa shape index (κ2) is 65.7. The van der Waals surface area contributed by atoms with E-state index < -0.39 is 20.0 Å². The van der Waals surface area contributed by atoms with Crippen LogP contribution < -0.4 is 10.2 Å². The molecule has 0 aliphatic rings. The number of esters is 1. The number of rotatable bonds is 68. The van der Waals surface area contributed by atoms with E-state index in [0.717, 1.165) is 70.6 Å². The van der Waals surface area contributed by atoms with Crippen LogP contribution in [-0.2, 0) is 27.9 Å². The molecule has 0 radical (unpaired) electrons. The first-order valence-corrected chi connectivity index (χ1v) is 38.6. The molecule has 0 spiro atoms. The van der Waals surface area contributed by atoms with E-state index in [1.807, 2.05) is 33.3 Å². The van der Waals surface area contributed by atoms with Crippen LogP contribution >= 0.6 is 7.82 Å². The lowest BCUT2D eigenvalue weighted by Crippen LogP contribution is -2.47. The normalized spacial score (nSPS) is 13.8. The van der Waals surface area contributed by atoms with Crippen molar-refractivity contribution in [1.82, 2.24) is 5.32 Å². The minimum absolute atomic E-state index is 0.0218. The van der Waals surface area contributed by atoms with Crippen molar-refractivity contribution < 1.29 is 37.3 Å². The average molecular weight is 1230 g/mol. The Kier molecular flexibility index (Phi) is 63.9. The van der Waals surface area contributed by atoms with Crippen molar-refractivity contribution in [2.45, 2.75) is 373 Å². The molecule has 0 saturated carbocycles. The van der Waals surface area contributed by atoms with Crippen LogP contribution in [0.1, 0.15) is 361 Å². The smallest absolute Gasteiger partial charge is 0.306 e. The molecule has 86 heavy (non-hydrogen) atoms. The average Bonchev–Trinajstić information content (AvgIpc) is 3.67. The molecule has 3 unspecified atom stereocenters. The molecule has 0 aromatic heterocycles. The maximum atomic E-state index is 13.6. The molecule has 0 heterocycles. The maximum Gasteiger partial charge on any atom is 0.306 e. The second-order valence-corrected chi connectivity index (χ2v) is 27.9. The van der Waals surface area contributed by atoms with E-state index in [0.29, 0.717) is 17.4 Å². The highest BCUT2D eigenvalue weighted by atomic mass is 31.2. The van der Waals surface area contributed by atoms with Gasteiger partial charge in [0.25, 0.3) is 7.82 Å². The van der Waals surface area contributed by atoms with Gasteiger partial charge in [0.2, 0.25) is 5.91 Å². The maximum absolute atomic E-state index is 13.6. The Bertz CT molecular complexity index is 1650. The van der Waals surface area contributed by atoms with E-state index in [1.165, 1.54) is 257 Å². The summed E-state index contributed by atoms with van der Waals surface area (Å²) < 4.78 is 30.5. The number of phosphoric acid groups is 1. The largest absolute Gasteiger partial charge is 0.756 e. The zero-order chi connectivity index (χ0) is 62.8. The highest BCUT2D eigenvalue weighted by Gasteiger charge is 2.27. The van der Waals surface area contributed by atoms with Crippen LogP contribution in [0.25, 0.3) is 0 Å². The number of amides is 1. The van der Waals surface area contributed by atoms with Gasteiger partial charge in [-0.15, -0.1) is 0 Å². The lowest BCUT2D eigenvalue weighted by Gasteiger charge is -2.30. The standard InChI is InChI=1S/C76H143N2O7P/c1-7-10-13-16-19-22-25-28-30-32-34-36-37-38-39-40-41-43-44-46-48-50-53-56-59-62-65-68-75(79)77-73(72-84-86(81,82)83-71-70-78(4,5)6)74(67-64-61-58-55-52-27-24-21-18-15-12-9-3)85-76(80)69-66-63-60-57-54-51-49-47-45-42-35-33-31-29-26-23-20-17-14-11-8-2/h19,22,28-31,34,36,64,67,73-74H,7-18,20-21,23-27,32-33,35,37-63,65-66,68-72H2,1-6H3,(H-,77,79,81,82)/b22-19-,30-28-,31-29+,36-34-,67-64-. The van der Waals surface area contributed by atoms with Crippen LogP contribution in [-0.4, -0.2) is 69.4 Å². The third-order valence-corrected chi connectivity index (χ3v) is 17.6. The Balaban J connectivity index is 4.99. The number of hydrogen-bond acceptors (Lipinski definition) is 7. The number of nitrogens with one attached hydrogen (secondary N) is 1. The molecule has 0 saturated heterocycles. The number of hydrogen-bond donors (Lipinski definition) is 1. The number of allylic oxidation sites excluding steroid dienone is 9. The van der Waals surface area contributed by atoms with Crippen LogP contribution in [0.5, 0.6) is 0 Å². The summed E-state index contributed by atoms with van der Waals surface area (Å²) in [7, 11) is 1.20. The van der Waals surface area contributed by atoms with Gasteiger partial charge in [-0.2, -0.15) is 0 Å². The minimum atomic E-state index is -4.71. The number of carbonyl (C=O) groups excluding carboxylic acids is 2. The third kappa shape index (κ3) is 66.1. The highest BCUT2D eigenvalue weighted by Crippen LogP contribution is 2.38. The number of carbonyl (C=O) groups is 2. The van der Waals surface area contributed by atoms with Gasteiger partial charge in [-0.3, -0.25) is 14.2 Å². The molecule has 1 N–H and O–H groups in total. The van der Waals surface area contributed by atoms with E-state index in [9.17, 15) is 19.0 Å². The number of nitrogens with zero attached hydrogens (tertiary/aromatic N) is 1. The van der Waals surface area contributed by atoms with Gasteiger partial charge in [-0.05, 0) is 96.0 Å². The lowest BCUT2D eigenvalue weighted by molar-refractivity contribution is -0.870. The third-order valence-electron chi connectivity index (χ3n) is 16.7. The Hall–Kier alpha value is -2.29. The van der Waals surface area contributed by atoms with Gasteiger partial charge in [0.05, 0.1) is 33.8 Å². The molecule has 0 rings (SSSR count). The van der Waals surface area contributed by atoms with E-state index >= 15 is 0 Å². The number of phosphoric ester groups is 1. The van der Waals surface area contributed by atoms with E-state index in [1.54, 1.807) is 0 Å². The van der Waals surface area contributed by atoms with Crippen molar-refractivity contribution in [3.05, 3.63) is 60.8 Å². The van der Waals surface area contributed by atoms with Gasteiger partial charge in [0, 0.05) is 12.8 Å². The molecule has 0 fully saturated rings. The fraction of sp³-hybridized carbons (Fsp3) is 0.842. The van der Waals surface area contributed by atoms with Crippen molar-refractivity contribution in [3.63, 3.8) is 0 Å². The summed E-state index contributed by atoms with van der Waals surface area (Å²) in [4.78, 5) is 40.2. The SMILES string of the molecule is CCCCC/C=C\C/C=C\C/C=C\CCCCCCCCCCCCCCCCC(=O)NC(COP(=O)([O-])OCC[N+](C)(C)C)C(/C=C\CCCCCCCCCCCC)OC(=O)CCCCCCCCCCCCC/C=C/CCCCCCCC. The Labute approximate surface area is 534 Å². The second-order valence-electron chi connectivity index (χ2n) is 26.4. The minimum Gasteiger partial charge on any atom is -0.756 e. The number of ether oxygens (including phenoxy) is 1. The molecule has 0 aliphatic heterocycles. The van der Waals surface area contributed by atoms with Crippen molar-refractivity contribution in [3.8, 4) is 0 Å². The molecule has 3 atom stereocenters. The zero-order valence-corrected chi connectivity index (χ0v) is 58.7. The molecule has 1 amide bonds. The molecule has 9 nitrogen and oxygen atoms in total. The van der Waals surface area contributed by atoms with Gasteiger partial charge in [0.15, 0.2) is 0 Å². The van der Waals surface area contributed by atoms with E-state index in [4.69, 9.17) is 13.8 Å². The summed E-state index contributed by atoms with van der Waals surface area (Å²) in [6.07, 6.45) is 84.9. The Morgan fingerprint density at radius 1 is 0.407 bits per heavy atom. The molecule has 0 aromatic rings. The van der Waals surface area contributed by atoms with Crippen molar-refractivity contribution in [2.24, 2.45) is 0 Å². The highest BCUT2D eigenvalue weighted by molar-refractivity contribution is 7.45. The predicted octanol–water partition coefficient (Wildman–Crippen LogP) is 23.1.